The molecule has 0 aliphatic rings. The van der Waals surface area contributed by atoms with Gasteiger partial charge in [-0.3, -0.25) is 4.98 Å². The van der Waals surface area contributed by atoms with Crippen LogP contribution >= 0.6 is 11.6 Å². The lowest BCUT2D eigenvalue weighted by molar-refractivity contribution is 1.31. The van der Waals surface area contributed by atoms with E-state index in [2.05, 4.69) is 15.3 Å². The first kappa shape index (κ1) is 11.7. The van der Waals surface area contributed by atoms with Gasteiger partial charge in [-0.15, -0.1) is 0 Å². The number of fused-ring (bicyclic) bond motifs is 1. The van der Waals surface area contributed by atoms with Crippen LogP contribution in [0.25, 0.3) is 10.9 Å². The molecule has 3 rings (SSSR count). The van der Waals surface area contributed by atoms with Gasteiger partial charge in [-0.1, -0.05) is 17.7 Å². The smallest absolute Gasteiger partial charge is 0.132 e. The maximum atomic E-state index is 6.15. The van der Waals surface area contributed by atoms with Crippen molar-refractivity contribution in [1.29, 1.82) is 0 Å². The van der Waals surface area contributed by atoms with E-state index in [0.717, 1.165) is 16.6 Å². The van der Waals surface area contributed by atoms with E-state index in [4.69, 9.17) is 17.3 Å². The zero-order valence-electron chi connectivity index (χ0n) is 9.97. The Morgan fingerprint density at radius 2 is 1.95 bits per heavy atom. The molecule has 0 unspecified atom stereocenters. The molecule has 2 heterocycles. The van der Waals surface area contributed by atoms with Crippen molar-refractivity contribution in [1.82, 2.24) is 9.97 Å². The Kier molecular flexibility index (Phi) is 2.93. The molecule has 2 aromatic heterocycles. The maximum Gasteiger partial charge on any atom is 0.132 e. The number of nitrogen functional groups attached to an aromatic ring is 1. The normalized spacial score (nSPS) is 10.6. The van der Waals surface area contributed by atoms with E-state index in [-0.39, 0.29) is 0 Å². The topological polar surface area (TPSA) is 63.8 Å². The Morgan fingerprint density at radius 1 is 1.05 bits per heavy atom. The molecule has 19 heavy (non-hydrogen) atoms. The number of nitrogens with two attached hydrogens (primary N) is 1. The van der Waals surface area contributed by atoms with Gasteiger partial charge in [0.15, 0.2) is 0 Å². The zero-order valence-corrected chi connectivity index (χ0v) is 10.7. The largest absolute Gasteiger partial charge is 0.384 e. The molecule has 5 heteroatoms. The number of rotatable bonds is 2. The van der Waals surface area contributed by atoms with Crippen LogP contribution in [0.3, 0.4) is 0 Å². The molecule has 0 aliphatic heterocycles. The molecule has 0 bridgehead atoms. The fourth-order valence-corrected chi connectivity index (χ4v) is 2.11. The first-order chi connectivity index (χ1) is 9.24. The fraction of sp³-hybridized carbons (Fsp3) is 0. The van der Waals surface area contributed by atoms with Crippen LogP contribution in [-0.2, 0) is 0 Å². The van der Waals surface area contributed by atoms with Crippen molar-refractivity contribution in [3.8, 4) is 0 Å². The molecule has 1 aromatic carbocycles. The number of anilines is 3. The molecule has 4 nitrogen and oxygen atoms in total. The summed E-state index contributed by atoms with van der Waals surface area (Å²) in [5.41, 5.74) is 7.31. The van der Waals surface area contributed by atoms with Crippen molar-refractivity contribution in [2.75, 3.05) is 11.1 Å². The number of nitrogens with zero attached hydrogens (tertiary/aromatic N) is 2. The van der Waals surface area contributed by atoms with Crippen molar-refractivity contribution in [2.45, 2.75) is 0 Å². The van der Waals surface area contributed by atoms with E-state index in [0.29, 0.717) is 16.7 Å². The monoisotopic (exact) mass is 270 g/mol. The van der Waals surface area contributed by atoms with Gasteiger partial charge in [0.05, 0.1) is 16.2 Å². The lowest BCUT2D eigenvalue weighted by Crippen LogP contribution is -1.98. The molecule has 0 saturated carbocycles. The third-order valence-corrected chi connectivity index (χ3v) is 3.08. The van der Waals surface area contributed by atoms with Gasteiger partial charge in [0.25, 0.3) is 0 Å². The summed E-state index contributed by atoms with van der Waals surface area (Å²) in [4.78, 5) is 8.56. The number of benzene rings is 1. The lowest BCUT2D eigenvalue weighted by atomic mass is 10.2. The molecule has 3 aromatic rings. The second-order valence-corrected chi connectivity index (χ2v) is 4.47. The summed E-state index contributed by atoms with van der Waals surface area (Å²) in [6.45, 7) is 0. The van der Waals surface area contributed by atoms with Gasteiger partial charge in [-0.2, -0.15) is 0 Å². The van der Waals surface area contributed by atoms with E-state index >= 15 is 0 Å². The summed E-state index contributed by atoms with van der Waals surface area (Å²) in [7, 11) is 0. The van der Waals surface area contributed by atoms with Crippen LogP contribution < -0.4 is 11.1 Å². The summed E-state index contributed by atoms with van der Waals surface area (Å²) >= 11 is 6.15. The van der Waals surface area contributed by atoms with Crippen LogP contribution in [0.2, 0.25) is 5.02 Å². The van der Waals surface area contributed by atoms with Gasteiger partial charge >= 0.3 is 0 Å². The minimum absolute atomic E-state index is 0.469. The summed E-state index contributed by atoms with van der Waals surface area (Å²) in [6.07, 6.45) is 1.73. The van der Waals surface area contributed by atoms with Gasteiger partial charge in [-0.25, -0.2) is 4.98 Å². The predicted octanol–water partition coefficient (Wildman–Crippen LogP) is 3.61. The second-order valence-electron chi connectivity index (χ2n) is 4.07. The maximum absolute atomic E-state index is 6.15. The predicted molar refractivity (Wildman–Crippen MR) is 78.7 cm³/mol. The number of hydrogen-bond donors (Lipinski definition) is 2. The number of pyridine rings is 2. The van der Waals surface area contributed by atoms with E-state index in [1.165, 1.54) is 0 Å². The molecule has 0 atom stereocenters. The quantitative estimate of drug-likeness (QED) is 0.747. The average Bonchev–Trinajstić information content (AvgIpc) is 2.42. The highest BCUT2D eigenvalue weighted by Gasteiger charge is 2.06. The fourth-order valence-electron chi connectivity index (χ4n) is 1.90. The van der Waals surface area contributed by atoms with Crippen LogP contribution in [0, 0.1) is 0 Å². The highest BCUT2D eigenvalue weighted by atomic mass is 35.5. The summed E-state index contributed by atoms with van der Waals surface area (Å²) in [5, 5.41) is 4.78. The summed E-state index contributed by atoms with van der Waals surface area (Å²) < 4.78 is 0. The standard InChI is InChI=1S/C14H11ClN4/c15-10-6-7-11(14-9(10)3-2-8-17-14)18-13-5-1-4-12(16)19-13/h1-8H,(H3,16,18,19). The minimum atomic E-state index is 0.469. The molecule has 94 valence electrons. The van der Waals surface area contributed by atoms with Crippen molar-refractivity contribution in [2.24, 2.45) is 0 Å². The summed E-state index contributed by atoms with van der Waals surface area (Å²) in [6, 6.07) is 12.9. The molecule has 0 amide bonds. The second kappa shape index (κ2) is 4.74. The van der Waals surface area contributed by atoms with Crippen LogP contribution in [-0.4, -0.2) is 9.97 Å². The number of aromatic nitrogens is 2. The molecular formula is C14H11ClN4. The number of nitrogens with one attached hydrogen (secondary N) is 1. The van der Waals surface area contributed by atoms with Crippen LogP contribution in [0.1, 0.15) is 0 Å². The highest BCUT2D eigenvalue weighted by Crippen LogP contribution is 2.29. The number of hydrogen-bond acceptors (Lipinski definition) is 4. The molecule has 0 fully saturated rings. The van der Waals surface area contributed by atoms with Gasteiger partial charge < -0.3 is 11.1 Å². The summed E-state index contributed by atoms with van der Waals surface area (Å²) in [5.74, 6) is 1.14. The minimum Gasteiger partial charge on any atom is -0.384 e. The van der Waals surface area contributed by atoms with Crippen molar-refractivity contribution < 1.29 is 0 Å². The Morgan fingerprint density at radius 3 is 2.79 bits per heavy atom. The van der Waals surface area contributed by atoms with E-state index < -0.39 is 0 Å². The average molecular weight is 271 g/mol. The third-order valence-electron chi connectivity index (χ3n) is 2.75. The van der Waals surface area contributed by atoms with Crippen LogP contribution in [0.4, 0.5) is 17.3 Å². The lowest BCUT2D eigenvalue weighted by Gasteiger charge is -2.09. The Balaban J connectivity index is 2.09. The Hall–Kier alpha value is -2.33. The van der Waals surface area contributed by atoms with Gasteiger partial charge in [0, 0.05) is 11.6 Å². The van der Waals surface area contributed by atoms with Crippen LogP contribution in [0.15, 0.2) is 48.7 Å². The molecule has 3 N–H and O–H groups in total. The zero-order chi connectivity index (χ0) is 13.2. The third kappa shape index (κ3) is 2.30. The van der Waals surface area contributed by atoms with Crippen molar-refractivity contribution >= 4 is 39.8 Å². The number of halogens is 1. The van der Waals surface area contributed by atoms with E-state index in [1.54, 1.807) is 12.3 Å². The van der Waals surface area contributed by atoms with Crippen molar-refractivity contribution in [3.05, 3.63) is 53.7 Å². The van der Waals surface area contributed by atoms with Gasteiger partial charge in [0.1, 0.15) is 11.6 Å². The molecule has 0 radical (unpaired) electrons. The molecule has 0 aliphatic carbocycles. The molecule has 0 saturated heterocycles. The Labute approximate surface area is 115 Å². The Bertz CT molecular complexity index is 742. The first-order valence-corrected chi connectivity index (χ1v) is 6.14. The molecule has 0 spiro atoms. The van der Waals surface area contributed by atoms with Gasteiger partial charge in [-0.05, 0) is 36.4 Å². The van der Waals surface area contributed by atoms with Crippen LogP contribution in [0.5, 0.6) is 0 Å². The van der Waals surface area contributed by atoms with E-state index in [1.807, 2.05) is 36.4 Å². The van der Waals surface area contributed by atoms with Crippen molar-refractivity contribution in [3.63, 3.8) is 0 Å². The highest BCUT2D eigenvalue weighted by molar-refractivity contribution is 6.35. The van der Waals surface area contributed by atoms with Gasteiger partial charge in [0.2, 0.25) is 0 Å². The molecular weight excluding hydrogens is 260 g/mol. The first-order valence-electron chi connectivity index (χ1n) is 5.77. The van der Waals surface area contributed by atoms with E-state index in [9.17, 15) is 0 Å². The SMILES string of the molecule is Nc1cccc(Nc2ccc(Cl)c3cccnc23)n1.